The molecule has 11 nitrogen and oxygen atoms in total. The minimum absolute atomic E-state index is 0.0472. The second-order valence-electron chi connectivity index (χ2n) is 11.8. The van der Waals surface area contributed by atoms with Gasteiger partial charge in [-0.3, -0.25) is 4.98 Å². The molecule has 4 aromatic rings. The van der Waals surface area contributed by atoms with Gasteiger partial charge < -0.3 is 29.0 Å². The van der Waals surface area contributed by atoms with Gasteiger partial charge >= 0.3 is 6.09 Å². The van der Waals surface area contributed by atoms with Crippen LogP contribution in [0.2, 0.25) is 0 Å². The van der Waals surface area contributed by atoms with E-state index in [0.717, 1.165) is 52.3 Å². The van der Waals surface area contributed by atoms with Gasteiger partial charge in [-0.15, -0.1) is 10.2 Å². The van der Waals surface area contributed by atoms with Gasteiger partial charge in [-0.05, 0) is 57.9 Å². The molecule has 2 aliphatic rings. The molecule has 0 bridgehead atoms. The highest BCUT2D eigenvalue weighted by atomic mass is 16.7. The number of hydrogen-bond acceptors (Lipinski definition) is 9. The van der Waals surface area contributed by atoms with Gasteiger partial charge in [-0.2, -0.15) is 0 Å². The lowest BCUT2D eigenvalue weighted by atomic mass is 9.97. The Labute approximate surface area is 250 Å². The molecule has 0 fully saturated rings. The molecule has 1 unspecified atom stereocenters. The van der Waals surface area contributed by atoms with Gasteiger partial charge in [0.1, 0.15) is 17.2 Å². The maximum Gasteiger partial charge on any atom is 0.410 e. The maximum atomic E-state index is 12.4. The summed E-state index contributed by atoms with van der Waals surface area (Å²) in [5.41, 5.74) is 6.13. The standard InChI is InChI=1S/C32H37N7O4/c1-20-29-23-16-25(22-8-6-7-9-27(22)42-19-41-5)36-37-30(23)35-24(29)12-15-39(20)28-18-33-26(17-34-28)21-10-13-38(14-11-21)31(40)43-32(2,3)4/h6-10,16-18,20H,11-15,19H2,1-5H3,(H,35,37). The van der Waals surface area contributed by atoms with Gasteiger partial charge in [0.15, 0.2) is 12.4 Å². The first-order valence-electron chi connectivity index (χ1n) is 14.6. The molecule has 5 heterocycles. The Bertz CT molecular complexity index is 1660. The van der Waals surface area contributed by atoms with Crippen LogP contribution in [0.3, 0.4) is 0 Å². The van der Waals surface area contributed by atoms with E-state index in [0.29, 0.717) is 25.3 Å². The number of anilines is 1. The van der Waals surface area contributed by atoms with Gasteiger partial charge in [0.05, 0.1) is 29.8 Å². The zero-order chi connectivity index (χ0) is 30.1. The molecule has 224 valence electrons. The van der Waals surface area contributed by atoms with Gasteiger partial charge in [0.25, 0.3) is 0 Å². The van der Waals surface area contributed by atoms with E-state index in [1.165, 1.54) is 11.3 Å². The van der Waals surface area contributed by atoms with Crippen molar-refractivity contribution in [2.75, 3.05) is 38.4 Å². The molecule has 1 aromatic carbocycles. The molecule has 1 amide bonds. The Morgan fingerprint density at radius 1 is 1.07 bits per heavy atom. The third kappa shape index (κ3) is 5.90. The molecule has 2 aliphatic heterocycles. The number of nitrogens with zero attached hydrogens (tertiary/aromatic N) is 6. The van der Waals surface area contributed by atoms with Crippen molar-refractivity contribution < 1.29 is 19.0 Å². The summed E-state index contributed by atoms with van der Waals surface area (Å²) >= 11 is 0. The third-order valence-electron chi connectivity index (χ3n) is 7.78. The van der Waals surface area contributed by atoms with Crippen molar-refractivity contribution in [2.24, 2.45) is 0 Å². The topological polar surface area (TPSA) is 119 Å². The van der Waals surface area contributed by atoms with Gasteiger partial charge in [-0.25, -0.2) is 9.78 Å². The molecule has 0 radical (unpaired) electrons. The largest absolute Gasteiger partial charge is 0.467 e. The lowest BCUT2D eigenvalue weighted by Gasteiger charge is -2.34. The number of benzene rings is 1. The molecule has 0 aliphatic carbocycles. The lowest BCUT2D eigenvalue weighted by molar-refractivity contribution is 0.0270. The fraction of sp³-hybridized carbons (Fsp3) is 0.406. The zero-order valence-corrected chi connectivity index (χ0v) is 25.3. The molecule has 0 saturated heterocycles. The number of hydrogen-bond donors (Lipinski definition) is 1. The first-order valence-corrected chi connectivity index (χ1v) is 14.6. The number of ether oxygens (including phenoxy) is 3. The summed E-state index contributed by atoms with van der Waals surface area (Å²) < 4.78 is 16.4. The SMILES string of the molecule is COCOc1ccccc1-c1cc2c3c([nH]c2nn1)CCN(c1cnc(C2=CCN(C(=O)OC(C)(C)C)CC2)cn1)C3C. The average Bonchev–Trinajstić information content (AvgIpc) is 3.38. The van der Waals surface area contributed by atoms with Crippen LogP contribution in [0, 0.1) is 0 Å². The molecule has 43 heavy (non-hydrogen) atoms. The summed E-state index contributed by atoms with van der Waals surface area (Å²) in [7, 11) is 1.60. The minimum atomic E-state index is -0.512. The second-order valence-corrected chi connectivity index (χ2v) is 11.8. The number of para-hydroxylation sites is 1. The number of amides is 1. The monoisotopic (exact) mass is 583 g/mol. The molecule has 1 N–H and O–H groups in total. The van der Waals surface area contributed by atoms with E-state index in [4.69, 9.17) is 24.2 Å². The number of methoxy groups -OCH3 is 1. The molecule has 6 rings (SSSR count). The van der Waals surface area contributed by atoms with Crippen molar-refractivity contribution in [1.29, 1.82) is 0 Å². The van der Waals surface area contributed by atoms with Crippen LogP contribution in [0.25, 0.3) is 27.9 Å². The van der Waals surface area contributed by atoms with E-state index in [1.807, 2.05) is 63.5 Å². The molecule has 0 saturated carbocycles. The maximum absolute atomic E-state index is 12.4. The lowest BCUT2D eigenvalue weighted by Crippen LogP contribution is -2.39. The molecule has 1 atom stereocenters. The number of carbonyl (C=O) groups is 1. The highest BCUT2D eigenvalue weighted by Gasteiger charge is 2.30. The zero-order valence-electron chi connectivity index (χ0n) is 25.3. The Kier molecular flexibility index (Phi) is 7.74. The Morgan fingerprint density at radius 2 is 1.91 bits per heavy atom. The van der Waals surface area contributed by atoms with Gasteiger partial charge in [-0.1, -0.05) is 18.2 Å². The molecular formula is C32H37N7O4. The normalized spacial score (nSPS) is 17.0. The molecule has 3 aromatic heterocycles. The number of rotatable bonds is 6. The van der Waals surface area contributed by atoms with Crippen LogP contribution in [0.4, 0.5) is 10.6 Å². The minimum Gasteiger partial charge on any atom is -0.467 e. The fourth-order valence-electron chi connectivity index (χ4n) is 5.72. The van der Waals surface area contributed by atoms with Crippen LogP contribution in [0.5, 0.6) is 5.75 Å². The van der Waals surface area contributed by atoms with Crippen molar-refractivity contribution in [3.8, 4) is 17.0 Å². The van der Waals surface area contributed by atoms with Crippen LogP contribution < -0.4 is 9.64 Å². The number of aromatic amines is 1. The average molecular weight is 584 g/mol. The number of fused-ring (bicyclic) bond motifs is 3. The predicted octanol–water partition coefficient (Wildman–Crippen LogP) is 5.55. The van der Waals surface area contributed by atoms with Crippen LogP contribution >= 0.6 is 0 Å². The van der Waals surface area contributed by atoms with E-state index in [-0.39, 0.29) is 18.9 Å². The third-order valence-corrected chi connectivity index (χ3v) is 7.78. The number of carbonyl (C=O) groups excluding carboxylic acids is 1. The van der Waals surface area contributed by atoms with Crippen LogP contribution in [-0.2, 0) is 15.9 Å². The smallest absolute Gasteiger partial charge is 0.410 e. The highest BCUT2D eigenvalue weighted by molar-refractivity contribution is 5.86. The summed E-state index contributed by atoms with van der Waals surface area (Å²) in [6.07, 6.45) is 6.96. The quantitative estimate of drug-likeness (QED) is 0.292. The van der Waals surface area contributed by atoms with E-state index in [9.17, 15) is 4.79 Å². The molecule has 0 spiro atoms. The van der Waals surface area contributed by atoms with Crippen molar-refractivity contribution in [2.45, 2.75) is 52.2 Å². The Morgan fingerprint density at radius 3 is 2.63 bits per heavy atom. The molecular weight excluding hydrogens is 546 g/mol. The van der Waals surface area contributed by atoms with Gasteiger partial charge in [0.2, 0.25) is 0 Å². The van der Waals surface area contributed by atoms with Crippen LogP contribution in [0.1, 0.15) is 57.1 Å². The van der Waals surface area contributed by atoms with Crippen molar-refractivity contribution >= 4 is 28.5 Å². The highest BCUT2D eigenvalue weighted by Crippen LogP contribution is 2.39. The number of aromatic nitrogens is 5. The summed E-state index contributed by atoms with van der Waals surface area (Å²) in [6, 6.07) is 9.89. The van der Waals surface area contributed by atoms with Crippen molar-refractivity contribution in [3.05, 3.63) is 65.8 Å². The first-order chi connectivity index (χ1) is 20.7. The summed E-state index contributed by atoms with van der Waals surface area (Å²) in [5.74, 6) is 1.52. The Balaban J connectivity index is 1.21. The van der Waals surface area contributed by atoms with Gasteiger partial charge in [0, 0.05) is 55.4 Å². The van der Waals surface area contributed by atoms with E-state index in [2.05, 4.69) is 33.1 Å². The second kappa shape index (κ2) is 11.6. The predicted molar refractivity (Wildman–Crippen MR) is 164 cm³/mol. The first kappa shape index (κ1) is 28.6. The van der Waals surface area contributed by atoms with Crippen LogP contribution in [-0.4, -0.2) is 75.3 Å². The summed E-state index contributed by atoms with van der Waals surface area (Å²) in [5, 5.41) is 10.1. The van der Waals surface area contributed by atoms with E-state index < -0.39 is 5.60 Å². The van der Waals surface area contributed by atoms with Crippen molar-refractivity contribution in [1.82, 2.24) is 30.0 Å². The Hall–Kier alpha value is -4.51. The number of H-pyrrole nitrogens is 1. The molecule has 11 heteroatoms. The number of nitrogens with one attached hydrogen (secondary N) is 1. The summed E-state index contributed by atoms with van der Waals surface area (Å²) in [4.78, 5) is 29.5. The summed E-state index contributed by atoms with van der Waals surface area (Å²) in [6.45, 7) is 9.85. The van der Waals surface area contributed by atoms with Crippen molar-refractivity contribution in [3.63, 3.8) is 0 Å². The van der Waals surface area contributed by atoms with Crippen LogP contribution in [0.15, 0.2) is 48.8 Å². The van der Waals surface area contributed by atoms with E-state index >= 15 is 0 Å². The van der Waals surface area contributed by atoms with E-state index in [1.54, 1.807) is 12.0 Å². The fourth-order valence-corrected chi connectivity index (χ4v) is 5.72.